The Kier molecular flexibility index (Phi) is 7.62. The van der Waals surface area contributed by atoms with Crippen molar-refractivity contribution < 1.29 is 19.0 Å². The molecule has 0 aliphatic carbocycles. The van der Waals surface area contributed by atoms with Crippen molar-refractivity contribution in [1.82, 2.24) is 0 Å². The number of carbonyl (C=O) groups is 1. The molecule has 0 unspecified atom stereocenters. The lowest BCUT2D eigenvalue weighted by molar-refractivity contribution is -0.176. The van der Waals surface area contributed by atoms with Crippen molar-refractivity contribution in [2.75, 3.05) is 6.61 Å². The molecule has 0 fully saturated rings. The Labute approximate surface area is 169 Å². The molecular formula is C23H21ClO4. The number of ether oxygens (including phenoxy) is 3. The molecule has 0 amide bonds. The van der Waals surface area contributed by atoms with Crippen LogP contribution < -0.4 is 0 Å². The number of esters is 1. The molecule has 0 aromatic heterocycles. The van der Waals surface area contributed by atoms with Gasteiger partial charge < -0.3 is 14.2 Å². The Morgan fingerprint density at radius 3 is 1.89 bits per heavy atom. The first-order chi connectivity index (χ1) is 13.7. The first kappa shape index (κ1) is 20.1. The molecule has 0 heterocycles. The summed E-state index contributed by atoms with van der Waals surface area (Å²) in [5.41, 5.74) is 2.41. The Morgan fingerprint density at radius 1 is 0.786 bits per heavy atom. The summed E-state index contributed by atoms with van der Waals surface area (Å²) in [6, 6.07) is 26.1. The number of hydrogen-bond acceptors (Lipinski definition) is 4. The third-order valence-electron chi connectivity index (χ3n) is 3.97. The van der Waals surface area contributed by atoms with E-state index in [1.54, 1.807) is 24.3 Å². The summed E-state index contributed by atoms with van der Waals surface area (Å²) in [5, 5.41) is 0.478. The second kappa shape index (κ2) is 10.6. The predicted molar refractivity (Wildman–Crippen MR) is 108 cm³/mol. The van der Waals surface area contributed by atoms with E-state index >= 15 is 0 Å². The highest BCUT2D eigenvalue weighted by atomic mass is 35.5. The lowest BCUT2D eigenvalue weighted by atomic mass is 10.2. The number of carbonyl (C=O) groups excluding carboxylic acids is 1. The van der Waals surface area contributed by atoms with E-state index in [4.69, 9.17) is 25.8 Å². The van der Waals surface area contributed by atoms with E-state index in [0.717, 1.165) is 11.1 Å². The van der Waals surface area contributed by atoms with E-state index in [0.29, 0.717) is 23.8 Å². The van der Waals surface area contributed by atoms with Gasteiger partial charge in [0.25, 0.3) is 0 Å². The summed E-state index contributed by atoms with van der Waals surface area (Å²) in [4.78, 5) is 12.3. The van der Waals surface area contributed by atoms with Gasteiger partial charge in [0, 0.05) is 5.02 Å². The van der Waals surface area contributed by atoms with Gasteiger partial charge in [-0.15, -0.1) is 0 Å². The first-order valence-corrected chi connectivity index (χ1v) is 9.32. The third-order valence-corrected chi connectivity index (χ3v) is 4.20. The van der Waals surface area contributed by atoms with Gasteiger partial charge >= 0.3 is 5.97 Å². The zero-order chi connectivity index (χ0) is 19.6. The maximum Gasteiger partial charge on any atom is 0.338 e. The number of benzene rings is 3. The second-order valence-corrected chi connectivity index (χ2v) is 6.57. The topological polar surface area (TPSA) is 44.8 Å². The van der Waals surface area contributed by atoms with Crippen LogP contribution in [0.2, 0.25) is 5.02 Å². The minimum absolute atomic E-state index is 0.0228. The predicted octanol–water partition coefficient (Wildman–Crippen LogP) is 5.26. The molecule has 5 heteroatoms. The maximum absolute atomic E-state index is 12.3. The zero-order valence-electron chi connectivity index (χ0n) is 15.3. The summed E-state index contributed by atoms with van der Waals surface area (Å²) in [7, 11) is 0. The molecule has 3 aromatic carbocycles. The van der Waals surface area contributed by atoms with E-state index in [9.17, 15) is 4.79 Å². The minimum atomic E-state index is -0.691. The monoisotopic (exact) mass is 396 g/mol. The van der Waals surface area contributed by atoms with Crippen molar-refractivity contribution in [2.24, 2.45) is 0 Å². The molecule has 0 spiro atoms. The molecule has 0 atom stereocenters. The van der Waals surface area contributed by atoms with Gasteiger partial charge in [-0.3, -0.25) is 0 Å². The molecule has 0 N–H and O–H groups in total. The van der Waals surface area contributed by atoms with E-state index < -0.39 is 12.3 Å². The van der Waals surface area contributed by atoms with Gasteiger partial charge in [-0.25, -0.2) is 4.79 Å². The molecule has 144 valence electrons. The Morgan fingerprint density at radius 2 is 1.36 bits per heavy atom. The average Bonchev–Trinajstić information content (AvgIpc) is 2.74. The van der Waals surface area contributed by atoms with Gasteiger partial charge in [-0.1, -0.05) is 78.3 Å². The van der Waals surface area contributed by atoms with Crippen LogP contribution >= 0.6 is 11.6 Å². The van der Waals surface area contributed by atoms with E-state index in [1.165, 1.54) is 0 Å². The number of halogens is 1. The van der Waals surface area contributed by atoms with Gasteiger partial charge in [0.1, 0.15) is 6.61 Å². The van der Waals surface area contributed by atoms with Crippen LogP contribution in [-0.4, -0.2) is 18.9 Å². The van der Waals surface area contributed by atoms with Crippen LogP contribution in [0.5, 0.6) is 0 Å². The molecule has 0 aliphatic heterocycles. The third kappa shape index (κ3) is 6.50. The van der Waals surface area contributed by atoms with Crippen LogP contribution in [0.3, 0.4) is 0 Å². The van der Waals surface area contributed by atoms with Gasteiger partial charge in [-0.05, 0) is 29.3 Å². The molecular weight excluding hydrogens is 376 g/mol. The van der Waals surface area contributed by atoms with Crippen molar-refractivity contribution in [2.45, 2.75) is 19.5 Å². The van der Waals surface area contributed by atoms with Crippen LogP contribution in [-0.2, 0) is 27.4 Å². The molecule has 0 saturated heterocycles. The molecule has 0 bridgehead atoms. The van der Waals surface area contributed by atoms with Crippen molar-refractivity contribution in [3.05, 3.63) is 107 Å². The minimum Gasteiger partial charge on any atom is -0.457 e. The maximum atomic E-state index is 12.3. The quantitative estimate of drug-likeness (QED) is 0.365. The fraction of sp³-hybridized carbons (Fsp3) is 0.174. The summed E-state index contributed by atoms with van der Waals surface area (Å²) in [6.07, 6.45) is -0.691. The van der Waals surface area contributed by atoms with E-state index in [-0.39, 0.29) is 6.61 Å². The number of hydrogen-bond donors (Lipinski definition) is 0. The van der Waals surface area contributed by atoms with Gasteiger partial charge in [0.05, 0.1) is 18.8 Å². The van der Waals surface area contributed by atoms with Gasteiger partial charge in [0.2, 0.25) is 0 Å². The highest BCUT2D eigenvalue weighted by molar-refractivity contribution is 6.30. The molecule has 4 nitrogen and oxygen atoms in total. The van der Waals surface area contributed by atoms with Crippen molar-refractivity contribution >= 4 is 17.6 Å². The Hall–Kier alpha value is -2.66. The van der Waals surface area contributed by atoms with Crippen molar-refractivity contribution in [3.63, 3.8) is 0 Å². The highest BCUT2D eigenvalue weighted by Gasteiger charge is 2.15. The normalized spacial score (nSPS) is 10.8. The SMILES string of the molecule is O=C(OCC(OCc1ccccc1)OCc1ccccc1)c1cccc(Cl)c1. The zero-order valence-corrected chi connectivity index (χ0v) is 16.0. The van der Waals surface area contributed by atoms with Crippen molar-refractivity contribution in [3.8, 4) is 0 Å². The summed E-state index contributed by atoms with van der Waals surface area (Å²) in [5.74, 6) is -0.473. The molecule has 3 rings (SSSR count). The standard InChI is InChI=1S/C23H21ClO4/c24-21-13-7-12-20(14-21)23(25)28-17-22(26-15-18-8-3-1-4-9-18)27-16-19-10-5-2-6-11-19/h1-14,22H,15-17H2. The fourth-order valence-corrected chi connectivity index (χ4v) is 2.70. The van der Waals surface area contributed by atoms with Gasteiger partial charge in [-0.2, -0.15) is 0 Å². The van der Waals surface area contributed by atoms with Crippen LogP contribution in [0.1, 0.15) is 21.5 Å². The lowest BCUT2D eigenvalue weighted by Crippen LogP contribution is -2.25. The average molecular weight is 397 g/mol. The molecule has 0 radical (unpaired) electrons. The van der Waals surface area contributed by atoms with Gasteiger partial charge in [0.15, 0.2) is 6.29 Å². The molecule has 3 aromatic rings. The summed E-state index contributed by atoms with van der Waals surface area (Å²) < 4.78 is 17.0. The van der Waals surface area contributed by atoms with Crippen molar-refractivity contribution in [1.29, 1.82) is 0 Å². The van der Waals surface area contributed by atoms with Crippen LogP contribution in [0.15, 0.2) is 84.9 Å². The highest BCUT2D eigenvalue weighted by Crippen LogP contribution is 2.13. The second-order valence-electron chi connectivity index (χ2n) is 6.13. The first-order valence-electron chi connectivity index (χ1n) is 8.94. The largest absolute Gasteiger partial charge is 0.457 e. The smallest absolute Gasteiger partial charge is 0.338 e. The molecule has 0 saturated carbocycles. The number of rotatable bonds is 9. The Bertz CT molecular complexity index is 825. The van der Waals surface area contributed by atoms with Crippen LogP contribution in [0.4, 0.5) is 0 Å². The Balaban J connectivity index is 1.58. The summed E-state index contributed by atoms with van der Waals surface area (Å²) >= 11 is 5.93. The van der Waals surface area contributed by atoms with Crippen LogP contribution in [0.25, 0.3) is 0 Å². The molecule has 0 aliphatic rings. The van der Waals surface area contributed by atoms with E-state index in [1.807, 2.05) is 60.7 Å². The van der Waals surface area contributed by atoms with E-state index in [2.05, 4.69) is 0 Å². The van der Waals surface area contributed by atoms with Crippen LogP contribution in [0, 0.1) is 0 Å². The fourth-order valence-electron chi connectivity index (χ4n) is 2.51. The lowest BCUT2D eigenvalue weighted by Gasteiger charge is -2.19. The molecule has 28 heavy (non-hydrogen) atoms. The summed E-state index contributed by atoms with van der Waals surface area (Å²) in [6.45, 7) is 0.690.